The van der Waals surface area contributed by atoms with Gasteiger partial charge in [0.1, 0.15) is 5.65 Å². The molecule has 90 valence electrons. The fourth-order valence-electron chi connectivity index (χ4n) is 2.43. The second-order valence-electron chi connectivity index (χ2n) is 4.56. The van der Waals surface area contributed by atoms with Crippen LogP contribution in [-0.2, 0) is 0 Å². The van der Waals surface area contributed by atoms with Crippen LogP contribution in [0.2, 0.25) is 0 Å². The molecule has 4 aromatic rings. The van der Waals surface area contributed by atoms with E-state index >= 15 is 0 Å². The molecule has 0 N–H and O–H groups in total. The van der Waals surface area contributed by atoms with Crippen LogP contribution in [0, 0.1) is 0 Å². The largest absolute Gasteiger partial charge is 0.268 e. The summed E-state index contributed by atoms with van der Waals surface area (Å²) in [5.74, 6) is 0. The Morgan fingerprint density at radius 2 is 1.63 bits per heavy atom. The fraction of sp³-hybridized carbons (Fsp3) is 0. The summed E-state index contributed by atoms with van der Waals surface area (Å²) in [5.41, 5.74) is 1.40. The van der Waals surface area contributed by atoms with E-state index in [1.807, 2.05) is 60.8 Å². The molecule has 2 aromatic heterocycles. The predicted molar refractivity (Wildman–Crippen MR) is 76.5 cm³/mol. The average Bonchev–Trinajstić information content (AvgIpc) is 2.46. The van der Waals surface area contributed by atoms with Gasteiger partial charge in [-0.1, -0.05) is 36.4 Å². The number of para-hydroxylation sites is 1. The smallest absolute Gasteiger partial charge is 0.265 e. The third kappa shape index (κ3) is 1.45. The minimum atomic E-state index is -0.0219. The Labute approximate surface area is 108 Å². The quantitative estimate of drug-likeness (QED) is 0.447. The second-order valence-corrected chi connectivity index (χ2v) is 4.56. The number of benzene rings is 2. The number of hydrogen-bond donors (Lipinski definition) is 0. The molecule has 0 aliphatic carbocycles. The first-order chi connectivity index (χ1) is 9.33. The Hall–Kier alpha value is -2.68. The predicted octanol–water partition coefficient (Wildman–Crippen LogP) is 3.00. The lowest BCUT2D eigenvalue weighted by molar-refractivity contribution is 1.09. The molecule has 0 aliphatic rings. The second kappa shape index (κ2) is 3.65. The summed E-state index contributed by atoms with van der Waals surface area (Å²) in [6.07, 6.45) is 1.85. The minimum absolute atomic E-state index is 0.0219. The highest BCUT2D eigenvalue weighted by atomic mass is 16.1. The van der Waals surface area contributed by atoms with Crippen molar-refractivity contribution in [1.29, 1.82) is 0 Å². The summed E-state index contributed by atoms with van der Waals surface area (Å²) in [6, 6.07) is 17.4. The Morgan fingerprint density at radius 3 is 2.53 bits per heavy atom. The summed E-state index contributed by atoms with van der Waals surface area (Å²) in [7, 11) is 0. The van der Waals surface area contributed by atoms with Crippen LogP contribution in [0.25, 0.3) is 27.3 Å². The third-order valence-electron chi connectivity index (χ3n) is 3.38. The lowest BCUT2D eigenvalue weighted by Gasteiger charge is -2.05. The standard InChI is InChI=1S/C16H10N2O/c19-16-13-7-3-4-8-14(13)17-15-9-11-5-1-2-6-12(11)10-18(15)16/h1-10H. The molecule has 0 spiro atoms. The molecular formula is C16H10N2O. The van der Waals surface area contributed by atoms with E-state index in [2.05, 4.69) is 4.98 Å². The first kappa shape index (κ1) is 10.3. The number of fused-ring (bicyclic) bond motifs is 3. The van der Waals surface area contributed by atoms with Crippen molar-refractivity contribution in [2.75, 3.05) is 0 Å². The molecular weight excluding hydrogens is 236 g/mol. The maximum atomic E-state index is 12.5. The van der Waals surface area contributed by atoms with Gasteiger partial charge in [0.2, 0.25) is 0 Å². The third-order valence-corrected chi connectivity index (χ3v) is 3.38. The van der Waals surface area contributed by atoms with Crippen LogP contribution < -0.4 is 5.56 Å². The van der Waals surface area contributed by atoms with E-state index < -0.39 is 0 Å². The van der Waals surface area contributed by atoms with Gasteiger partial charge in [0.15, 0.2) is 0 Å². The van der Waals surface area contributed by atoms with Gasteiger partial charge in [-0.05, 0) is 29.0 Å². The lowest BCUT2D eigenvalue weighted by Crippen LogP contribution is -2.14. The van der Waals surface area contributed by atoms with E-state index in [-0.39, 0.29) is 5.56 Å². The molecule has 0 radical (unpaired) electrons. The molecule has 0 saturated carbocycles. The number of nitrogens with zero attached hydrogens (tertiary/aromatic N) is 2. The Morgan fingerprint density at radius 1 is 0.895 bits per heavy atom. The fourth-order valence-corrected chi connectivity index (χ4v) is 2.43. The van der Waals surface area contributed by atoms with Crippen molar-refractivity contribution in [2.45, 2.75) is 0 Å². The number of pyridine rings is 1. The van der Waals surface area contributed by atoms with Gasteiger partial charge in [0.05, 0.1) is 10.9 Å². The molecule has 0 fully saturated rings. The summed E-state index contributed by atoms with van der Waals surface area (Å²) in [4.78, 5) is 17.0. The van der Waals surface area contributed by atoms with E-state index in [9.17, 15) is 4.79 Å². The molecule has 0 unspecified atom stereocenters. The van der Waals surface area contributed by atoms with Gasteiger partial charge in [-0.2, -0.15) is 0 Å². The van der Waals surface area contributed by atoms with Gasteiger partial charge in [0.25, 0.3) is 5.56 Å². The SMILES string of the molecule is O=c1c2ccccc2nc2cc3ccccc3cn12. The van der Waals surface area contributed by atoms with Gasteiger partial charge in [-0.15, -0.1) is 0 Å². The van der Waals surface area contributed by atoms with Gasteiger partial charge in [0, 0.05) is 6.20 Å². The van der Waals surface area contributed by atoms with Crippen molar-refractivity contribution in [2.24, 2.45) is 0 Å². The van der Waals surface area contributed by atoms with E-state index in [0.717, 1.165) is 16.3 Å². The van der Waals surface area contributed by atoms with E-state index in [0.29, 0.717) is 11.0 Å². The normalized spacial score (nSPS) is 11.4. The first-order valence-corrected chi connectivity index (χ1v) is 6.13. The van der Waals surface area contributed by atoms with Crippen molar-refractivity contribution >= 4 is 27.3 Å². The van der Waals surface area contributed by atoms with Crippen LogP contribution in [0.1, 0.15) is 0 Å². The molecule has 3 heteroatoms. The zero-order valence-electron chi connectivity index (χ0n) is 10.1. The molecule has 0 saturated heterocycles. The minimum Gasteiger partial charge on any atom is -0.268 e. The molecule has 2 heterocycles. The van der Waals surface area contributed by atoms with E-state index in [1.165, 1.54) is 0 Å². The van der Waals surface area contributed by atoms with Crippen molar-refractivity contribution in [1.82, 2.24) is 9.38 Å². The van der Waals surface area contributed by atoms with Crippen molar-refractivity contribution in [3.8, 4) is 0 Å². The van der Waals surface area contributed by atoms with Gasteiger partial charge in [-0.3, -0.25) is 9.20 Å². The summed E-state index contributed by atoms with van der Waals surface area (Å²) in [5, 5.41) is 2.77. The highest BCUT2D eigenvalue weighted by Gasteiger charge is 2.05. The Bertz CT molecular complexity index is 981. The van der Waals surface area contributed by atoms with Crippen LogP contribution >= 0.6 is 0 Å². The number of hydrogen-bond acceptors (Lipinski definition) is 2. The van der Waals surface area contributed by atoms with Crippen LogP contribution in [-0.4, -0.2) is 9.38 Å². The summed E-state index contributed by atoms with van der Waals surface area (Å²) in [6.45, 7) is 0. The zero-order chi connectivity index (χ0) is 12.8. The van der Waals surface area contributed by atoms with Crippen LogP contribution in [0.5, 0.6) is 0 Å². The first-order valence-electron chi connectivity index (χ1n) is 6.13. The highest BCUT2D eigenvalue weighted by molar-refractivity contribution is 5.87. The van der Waals surface area contributed by atoms with Crippen molar-refractivity contribution in [3.05, 3.63) is 71.1 Å². The van der Waals surface area contributed by atoms with E-state index in [1.54, 1.807) is 4.40 Å². The van der Waals surface area contributed by atoms with Crippen LogP contribution in [0.3, 0.4) is 0 Å². The van der Waals surface area contributed by atoms with E-state index in [4.69, 9.17) is 0 Å². The maximum Gasteiger partial charge on any atom is 0.265 e. The topological polar surface area (TPSA) is 34.4 Å². The lowest BCUT2D eigenvalue weighted by atomic mass is 10.1. The molecule has 19 heavy (non-hydrogen) atoms. The Balaban J connectivity index is 2.29. The molecule has 2 aromatic carbocycles. The number of rotatable bonds is 0. The van der Waals surface area contributed by atoms with Gasteiger partial charge < -0.3 is 0 Å². The maximum absolute atomic E-state index is 12.5. The molecule has 4 rings (SSSR count). The monoisotopic (exact) mass is 246 g/mol. The zero-order valence-corrected chi connectivity index (χ0v) is 10.1. The van der Waals surface area contributed by atoms with Crippen molar-refractivity contribution < 1.29 is 0 Å². The molecule has 3 nitrogen and oxygen atoms in total. The van der Waals surface area contributed by atoms with Crippen LogP contribution in [0.15, 0.2) is 65.6 Å². The molecule has 0 aliphatic heterocycles. The summed E-state index contributed by atoms with van der Waals surface area (Å²) >= 11 is 0. The highest BCUT2D eigenvalue weighted by Crippen LogP contribution is 2.16. The van der Waals surface area contributed by atoms with Gasteiger partial charge >= 0.3 is 0 Å². The van der Waals surface area contributed by atoms with Crippen LogP contribution in [0.4, 0.5) is 0 Å². The molecule has 0 bridgehead atoms. The Kier molecular flexibility index (Phi) is 1.97. The molecule has 0 atom stereocenters. The average molecular weight is 246 g/mol. The molecule has 0 amide bonds. The van der Waals surface area contributed by atoms with Gasteiger partial charge in [-0.25, -0.2) is 4.98 Å². The summed E-state index contributed by atoms with van der Waals surface area (Å²) < 4.78 is 1.62. The number of aromatic nitrogens is 2. The van der Waals surface area contributed by atoms with Crippen molar-refractivity contribution in [3.63, 3.8) is 0 Å².